The van der Waals surface area contributed by atoms with Gasteiger partial charge >= 0.3 is 12.3 Å². The van der Waals surface area contributed by atoms with E-state index >= 15 is 0 Å². The number of nitrogens with zero attached hydrogens (tertiary/aromatic N) is 1. The second-order valence-electron chi connectivity index (χ2n) is 2.94. The summed E-state index contributed by atoms with van der Waals surface area (Å²) in [6.07, 6.45) is -15.2. The second kappa shape index (κ2) is 4.34. The molecule has 0 fully saturated rings. The smallest absolute Gasteiger partial charge is 0.411 e. The third-order valence-electron chi connectivity index (χ3n) is 1.65. The largest absolute Gasteiger partial charge is 0.440 e. The van der Waals surface area contributed by atoms with Crippen LogP contribution in [0.2, 0.25) is 0 Å². The normalized spacial score (nSPS) is 14.5. The molecule has 0 aliphatic rings. The van der Waals surface area contributed by atoms with E-state index in [4.69, 9.17) is 0 Å². The molecule has 0 saturated carbocycles. The monoisotopic (exact) mass is 263 g/mol. The van der Waals surface area contributed by atoms with Gasteiger partial charge in [-0.2, -0.15) is 22.0 Å². The highest BCUT2D eigenvalue weighted by molar-refractivity contribution is 5.36. The molecule has 0 saturated heterocycles. The van der Waals surface area contributed by atoms with Gasteiger partial charge in [0.1, 0.15) is 5.82 Å². The predicted octanol–water partition coefficient (Wildman–Crippen LogP) is 2.32. The summed E-state index contributed by atoms with van der Waals surface area (Å²) in [6, 6.07) is 0.858. The van der Waals surface area contributed by atoms with Crippen molar-refractivity contribution in [2.24, 2.45) is 0 Å². The number of rotatable bonds is 4. The average Bonchev–Trinajstić information content (AvgIpc) is 2.62. The SMILES string of the molecule is CNc1cc(OC(F)(F)C(F)C(F)(F)F)n[nH]1. The van der Waals surface area contributed by atoms with Crippen molar-refractivity contribution in [2.75, 3.05) is 12.4 Å². The lowest BCUT2D eigenvalue weighted by Gasteiger charge is -2.21. The molecule has 0 aromatic carbocycles. The molecular weight excluding hydrogens is 256 g/mol. The molecular formula is C7H7F6N3O. The first-order valence-corrected chi connectivity index (χ1v) is 4.17. The quantitative estimate of drug-likeness (QED) is 0.819. The lowest BCUT2D eigenvalue weighted by molar-refractivity contribution is -0.305. The molecule has 0 amide bonds. The Morgan fingerprint density at radius 2 is 1.94 bits per heavy atom. The minimum atomic E-state index is -5.72. The Balaban J connectivity index is 2.78. The molecule has 0 aliphatic heterocycles. The van der Waals surface area contributed by atoms with E-state index in [1.165, 1.54) is 7.05 Å². The minimum Gasteiger partial charge on any atom is -0.411 e. The summed E-state index contributed by atoms with van der Waals surface area (Å²) in [5.41, 5.74) is 0. The summed E-state index contributed by atoms with van der Waals surface area (Å²) in [5.74, 6) is -0.732. The number of aromatic nitrogens is 2. The molecule has 1 unspecified atom stereocenters. The van der Waals surface area contributed by atoms with Gasteiger partial charge in [-0.3, -0.25) is 5.10 Å². The van der Waals surface area contributed by atoms with Gasteiger partial charge in [0.2, 0.25) is 5.88 Å². The van der Waals surface area contributed by atoms with Crippen LogP contribution >= 0.6 is 0 Å². The van der Waals surface area contributed by atoms with Crippen molar-refractivity contribution in [1.29, 1.82) is 0 Å². The van der Waals surface area contributed by atoms with E-state index in [1.807, 2.05) is 0 Å². The molecule has 1 aromatic heterocycles. The van der Waals surface area contributed by atoms with Crippen molar-refractivity contribution in [3.05, 3.63) is 6.07 Å². The standard InChI is InChI=1S/C7H7F6N3O/c1-14-3-2-4(16-15-3)17-7(12,13)5(8)6(9,10)11/h2,5H,1H3,(H2,14,15,16). The van der Waals surface area contributed by atoms with Gasteiger partial charge in [0, 0.05) is 13.1 Å². The van der Waals surface area contributed by atoms with E-state index in [0.717, 1.165) is 6.07 Å². The first kappa shape index (κ1) is 13.5. The van der Waals surface area contributed by atoms with Crippen LogP contribution in [0.25, 0.3) is 0 Å². The van der Waals surface area contributed by atoms with Crippen molar-refractivity contribution < 1.29 is 31.1 Å². The Hall–Kier alpha value is -1.61. The molecule has 4 nitrogen and oxygen atoms in total. The number of halogens is 6. The van der Waals surface area contributed by atoms with Crippen LogP contribution in [0.5, 0.6) is 5.88 Å². The van der Waals surface area contributed by atoms with E-state index < -0.39 is 24.3 Å². The highest BCUT2D eigenvalue weighted by atomic mass is 19.4. The van der Waals surface area contributed by atoms with E-state index in [0.29, 0.717) is 0 Å². The summed E-state index contributed by atoms with van der Waals surface area (Å²) in [4.78, 5) is 0. The fourth-order valence-corrected chi connectivity index (χ4v) is 0.865. The summed E-state index contributed by atoms with van der Waals surface area (Å²) in [6.45, 7) is 0. The van der Waals surface area contributed by atoms with Crippen molar-refractivity contribution in [3.63, 3.8) is 0 Å². The zero-order chi connectivity index (χ0) is 13.3. The summed E-state index contributed by atoms with van der Waals surface area (Å²) in [5, 5.41) is 7.68. The van der Waals surface area contributed by atoms with Crippen LogP contribution in [-0.2, 0) is 0 Å². The van der Waals surface area contributed by atoms with Gasteiger partial charge in [-0.1, -0.05) is 0 Å². The maximum Gasteiger partial charge on any atom is 0.440 e. The molecule has 98 valence electrons. The lowest BCUT2D eigenvalue weighted by Crippen LogP contribution is -2.45. The van der Waals surface area contributed by atoms with E-state index in [-0.39, 0.29) is 5.82 Å². The van der Waals surface area contributed by atoms with Crippen LogP contribution in [0.1, 0.15) is 0 Å². The molecule has 10 heteroatoms. The number of H-pyrrole nitrogens is 1. The number of ether oxygens (including phenoxy) is 1. The Morgan fingerprint density at radius 3 is 2.35 bits per heavy atom. The van der Waals surface area contributed by atoms with Gasteiger partial charge < -0.3 is 10.1 Å². The van der Waals surface area contributed by atoms with Gasteiger partial charge in [0.05, 0.1) is 0 Å². The Bertz CT molecular complexity index is 376. The molecule has 0 aliphatic carbocycles. The van der Waals surface area contributed by atoms with Crippen LogP contribution in [-0.4, -0.2) is 35.7 Å². The minimum absolute atomic E-state index is 0.123. The summed E-state index contributed by atoms with van der Waals surface area (Å²) in [7, 11) is 1.41. The predicted molar refractivity (Wildman–Crippen MR) is 44.7 cm³/mol. The molecule has 2 N–H and O–H groups in total. The third-order valence-corrected chi connectivity index (χ3v) is 1.65. The molecule has 1 heterocycles. The maximum absolute atomic E-state index is 12.7. The summed E-state index contributed by atoms with van der Waals surface area (Å²) >= 11 is 0. The number of hydrogen-bond acceptors (Lipinski definition) is 3. The summed E-state index contributed by atoms with van der Waals surface area (Å²) < 4.78 is 76.6. The third kappa shape index (κ3) is 3.17. The highest BCUT2D eigenvalue weighted by Crippen LogP contribution is 2.36. The van der Waals surface area contributed by atoms with Gasteiger partial charge in [0.25, 0.3) is 6.17 Å². The van der Waals surface area contributed by atoms with Gasteiger partial charge in [-0.25, -0.2) is 4.39 Å². The average molecular weight is 263 g/mol. The van der Waals surface area contributed by atoms with Crippen LogP contribution in [0.3, 0.4) is 0 Å². The van der Waals surface area contributed by atoms with Crippen LogP contribution in [0, 0.1) is 0 Å². The maximum atomic E-state index is 12.7. The van der Waals surface area contributed by atoms with Crippen LogP contribution in [0.4, 0.5) is 32.2 Å². The van der Waals surface area contributed by atoms with Crippen LogP contribution < -0.4 is 10.1 Å². The lowest BCUT2D eigenvalue weighted by atomic mass is 10.3. The first-order chi connectivity index (χ1) is 7.66. The molecule has 0 bridgehead atoms. The second-order valence-corrected chi connectivity index (χ2v) is 2.94. The number of alkyl halides is 6. The number of hydrogen-bond donors (Lipinski definition) is 2. The Kier molecular flexibility index (Phi) is 3.43. The van der Waals surface area contributed by atoms with Gasteiger partial charge in [0.15, 0.2) is 0 Å². The van der Waals surface area contributed by atoms with Crippen molar-refractivity contribution in [3.8, 4) is 5.88 Å². The van der Waals surface area contributed by atoms with E-state index in [9.17, 15) is 26.3 Å². The Morgan fingerprint density at radius 1 is 1.35 bits per heavy atom. The highest BCUT2D eigenvalue weighted by Gasteiger charge is 2.59. The zero-order valence-electron chi connectivity index (χ0n) is 8.28. The number of aromatic amines is 1. The fourth-order valence-electron chi connectivity index (χ4n) is 0.865. The topological polar surface area (TPSA) is 49.9 Å². The zero-order valence-corrected chi connectivity index (χ0v) is 8.28. The van der Waals surface area contributed by atoms with Gasteiger partial charge in [-0.15, -0.1) is 5.10 Å². The van der Waals surface area contributed by atoms with Gasteiger partial charge in [-0.05, 0) is 0 Å². The van der Waals surface area contributed by atoms with Crippen molar-refractivity contribution in [1.82, 2.24) is 10.2 Å². The fraction of sp³-hybridized carbons (Fsp3) is 0.571. The molecule has 1 atom stereocenters. The molecule has 0 spiro atoms. The molecule has 17 heavy (non-hydrogen) atoms. The van der Waals surface area contributed by atoms with Crippen molar-refractivity contribution in [2.45, 2.75) is 18.5 Å². The number of anilines is 1. The first-order valence-electron chi connectivity index (χ1n) is 4.17. The number of nitrogens with one attached hydrogen (secondary N) is 2. The van der Waals surface area contributed by atoms with Crippen LogP contribution in [0.15, 0.2) is 6.07 Å². The molecule has 1 aromatic rings. The van der Waals surface area contributed by atoms with E-state index in [2.05, 4.69) is 20.3 Å². The van der Waals surface area contributed by atoms with Crippen molar-refractivity contribution >= 4 is 5.82 Å². The Labute approximate surface area is 90.9 Å². The molecule has 0 radical (unpaired) electrons. The van der Waals surface area contributed by atoms with E-state index in [1.54, 1.807) is 0 Å². The molecule has 1 rings (SSSR count).